The summed E-state index contributed by atoms with van der Waals surface area (Å²) in [4.78, 5) is 39.0. The Morgan fingerprint density at radius 3 is 2.23 bits per heavy atom. The van der Waals surface area contributed by atoms with Gasteiger partial charge < -0.3 is 20.1 Å². The van der Waals surface area contributed by atoms with E-state index in [-0.39, 0.29) is 36.8 Å². The van der Waals surface area contributed by atoms with Crippen molar-refractivity contribution >= 4 is 18.0 Å². The molecule has 35 heavy (non-hydrogen) atoms. The lowest BCUT2D eigenvalue weighted by atomic mass is 9.89. The number of piperidine rings is 1. The van der Waals surface area contributed by atoms with E-state index in [2.05, 4.69) is 29.6 Å². The fraction of sp³-hybridized carbons (Fsp3) is 0.464. The first kappa shape index (κ1) is 24.8. The van der Waals surface area contributed by atoms with Crippen molar-refractivity contribution in [3.05, 3.63) is 59.7 Å². The number of likely N-dealkylation sites (tertiary alicyclic amines) is 1. The molecule has 4 rings (SSSR count). The van der Waals surface area contributed by atoms with Crippen LogP contribution in [-0.4, -0.2) is 53.2 Å². The first-order valence-corrected chi connectivity index (χ1v) is 12.4. The molecule has 2 aliphatic rings. The van der Waals surface area contributed by atoms with Gasteiger partial charge >= 0.3 is 12.1 Å². The SMILES string of the molecule is CC(C)[C@@H](CC(=O)N1CCC[C@H](C(=O)O)[C@@H]1C)NC(=O)OCC1c2ccccc2-c2ccccc21. The molecule has 7 nitrogen and oxygen atoms in total. The van der Waals surface area contributed by atoms with Crippen LogP contribution in [0.25, 0.3) is 11.1 Å². The van der Waals surface area contributed by atoms with E-state index in [1.807, 2.05) is 38.1 Å². The Hall–Kier alpha value is -3.35. The smallest absolute Gasteiger partial charge is 0.407 e. The molecule has 2 N–H and O–H groups in total. The molecule has 2 aromatic carbocycles. The van der Waals surface area contributed by atoms with Gasteiger partial charge in [0.05, 0.1) is 5.92 Å². The zero-order chi connectivity index (χ0) is 25.1. The second kappa shape index (κ2) is 10.5. The highest BCUT2D eigenvalue weighted by molar-refractivity contribution is 5.81. The average molecular weight is 479 g/mol. The number of fused-ring (bicyclic) bond motifs is 3. The first-order chi connectivity index (χ1) is 16.8. The van der Waals surface area contributed by atoms with Crippen LogP contribution in [-0.2, 0) is 14.3 Å². The van der Waals surface area contributed by atoms with Gasteiger partial charge in [-0.2, -0.15) is 0 Å². The molecular weight excluding hydrogens is 444 g/mol. The minimum Gasteiger partial charge on any atom is -0.481 e. The van der Waals surface area contributed by atoms with Crippen LogP contribution in [0.15, 0.2) is 48.5 Å². The average Bonchev–Trinajstić information content (AvgIpc) is 3.16. The standard InChI is InChI=1S/C28H34N2O5/c1-17(2)25(15-26(31)30-14-8-13-19(18(30)3)27(32)33)29-28(34)35-16-24-22-11-6-4-9-20(22)21-10-5-7-12-23(21)24/h4-7,9-12,17-19,24-25H,8,13-16H2,1-3H3,(H,29,34)(H,32,33)/t18-,19-,25+/m0/s1. The number of nitrogens with one attached hydrogen (secondary N) is 1. The fourth-order valence-corrected chi connectivity index (χ4v) is 5.38. The van der Waals surface area contributed by atoms with Crippen LogP contribution in [0.1, 0.15) is 57.1 Å². The summed E-state index contributed by atoms with van der Waals surface area (Å²) in [5, 5.41) is 12.3. The lowest BCUT2D eigenvalue weighted by Gasteiger charge is -2.38. The van der Waals surface area contributed by atoms with Gasteiger partial charge in [-0.1, -0.05) is 62.4 Å². The highest BCUT2D eigenvalue weighted by Gasteiger charge is 2.36. The molecule has 0 spiro atoms. The van der Waals surface area contributed by atoms with Crippen molar-refractivity contribution < 1.29 is 24.2 Å². The van der Waals surface area contributed by atoms with Crippen molar-refractivity contribution in [1.82, 2.24) is 10.2 Å². The highest BCUT2D eigenvalue weighted by Crippen LogP contribution is 2.44. The maximum absolute atomic E-state index is 13.1. The third-order valence-corrected chi connectivity index (χ3v) is 7.47. The van der Waals surface area contributed by atoms with E-state index < -0.39 is 24.0 Å². The Kier molecular flexibility index (Phi) is 7.43. The first-order valence-electron chi connectivity index (χ1n) is 12.4. The van der Waals surface area contributed by atoms with Crippen LogP contribution in [0.2, 0.25) is 0 Å². The zero-order valence-corrected chi connectivity index (χ0v) is 20.6. The molecule has 2 aromatic rings. The van der Waals surface area contributed by atoms with Gasteiger partial charge in [0, 0.05) is 31.0 Å². The Morgan fingerprint density at radius 2 is 1.66 bits per heavy atom. The molecule has 0 bridgehead atoms. The van der Waals surface area contributed by atoms with Crippen LogP contribution in [0.5, 0.6) is 0 Å². The normalized spacial score (nSPS) is 20.2. The summed E-state index contributed by atoms with van der Waals surface area (Å²) in [6.07, 6.45) is 0.803. The van der Waals surface area contributed by atoms with Gasteiger partial charge in [0.2, 0.25) is 5.91 Å². The number of carbonyl (C=O) groups excluding carboxylic acids is 2. The molecule has 1 saturated heterocycles. The second-order valence-electron chi connectivity index (χ2n) is 9.94. The summed E-state index contributed by atoms with van der Waals surface area (Å²) in [5.41, 5.74) is 4.62. The lowest BCUT2D eigenvalue weighted by molar-refractivity contribution is -0.149. The molecule has 0 saturated carbocycles. The molecule has 1 aliphatic heterocycles. The monoisotopic (exact) mass is 478 g/mol. The molecule has 1 aliphatic carbocycles. The van der Waals surface area contributed by atoms with Gasteiger partial charge in [-0.25, -0.2) is 4.79 Å². The number of benzene rings is 2. The predicted octanol–water partition coefficient (Wildman–Crippen LogP) is 4.65. The molecule has 0 unspecified atom stereocenters. The number of ether oxygens (including phenoxy) is 1. The number of hydrogen-bond donors (Lipinski definition) is 2. The summed E-state index contributed by atoms with van der Waals surface area (Å²) in [6.45, 7) is 6.43. The van der Waals surface area contributed by atoms with E-state index in [9.17, 15) is 19.5 Å². The number of hydrogen-bond acceptors (Lipinski definition) is 4. The van der Waals surface area contributed by atoms with Crippen LogP contribution >= 0.6 is 0 Å². The minimum atomic E-state index is -0.868. The number of rotatable bonds is 7. The van der Waals surface area contributed by atoms with E-state index in [4.69, 9.17) is 4.74 Å². The van der Waals surface area contributed by atoms with E-state index in [0.717, 1.165) is 22.3 Å². The predicted molar refractivity (Wildman–Crippen MR) is 133 cm³/mol. The van der Waals surface area contributed by atoms with Crippen molar-refractivity contribution in [2.24, 2.45) is 11.8 Å². The van der Waals surface area contributed by atoms with Crippen LogP contribution in [0, 0.1) is 11.8 Å². The summed E-state index contributed by atoms with van der Waals surface area (Å²) >= 11 is 0. The van der Waals surface area contributed by atoms with Gasteiger partial charge in [-0.05, 0) is 47.9 Å². The van der Waals surface area contributed by atoms with Crippen molar-refractivity contribution in [2.75, 3.05) is 13.2 Å². The van der Waals surface area contributed by atoms with Crippen LogP contribution < -0.4 is 5.32 Å². The Labute approximate surface area is 206 Å². The summed E-state index contributed by atoms with van der Waals surface area (Å²) < 4.78 is 5.66. The number of carboxylic acids is 1. The number of aliphatic carboxylic acids is 1. The van der Waals surface area contributed by atoms with E-state index in [1.54, 1.807) is 11.8 Å². The van der Waals surface area contributed by atoms with Crippen molar-refractivity contribution in [3.63, 3.8) is 0 Å². The third kappa shape index (κ3) is 5.19. The van der Waals surface area contributed by atoms with Gasteiger partial charge in [0.15, 0.2) is 0 Å². The van der Waals surface area contributed by atoms with E-state index >= 15 is 0 Å². The van der Waals surface area contributed by atoms with Crippen molar-refractivity contribution in [3.8, 4) is 11.1 Å². The molecule has 7 heteroatoms. The lowest BCUT2D eigenvalue weighted by Crippen LogP contribution is -2.51. The number of carbonyl (C=O) groups is 3. The van der Waals surface area contributed by atoms with Gasteiger partial charge in [-0.15, -0.1) is 0 Å². The third-order valence-electron chi connectivity index (χ3n) is 7.47. The molecule has 1 fully saturated rings. The number of amides is 2. The largest absolute Gasteiger partial charge is 0.481 e. The number of alkyl carbamates (subject to hydrolysis) is 1. The maximum Gasteiger partial charge on any atom is 0.407 e. The summed E-state index contributed by atoms with van der Waals surface area (Å²) in [5.74, 6) is -1.59. The topological polar surface area (TPSA) is 95.9 Å². The van der Waals surface area contributed by atoms with Gasteiger partial charge in [-0.3, -0.25) is 9.59 Å². The van der Waals surface area contributed by atoms with E-state index in [0.29, 0.717) is 19.4 Å². The van der Waals surface area contributed by atoms with Gasteiger partial charge in [0.1, 0.15) is 6.61 Å². The Balaban J connectivity index is 1.38. The number of carboxylic acid groups (broad SMARTS) is 1. The maximum atomic E-state index is 13.1. The molecule has 0 radical (unpaired) electrons. The summed E-state index contributed by atoms with van der Waals surface area (Å²) in [6, 6.07) is 15.6. The minimum absolute atomic E-state index is 0.00907. The van der Waals surface area contributed by atoms with Crippen LogP contribution in [0.4, 0.5) is 4.79 Å². The molecular formula is C28H34N2O5. The van der Waals surface area contributed by atoms with Crippen molar-refractivity contribution in [1.29, 1.82) is 0 Å². The molecule has 0 aromatic heterocycles. The zero-order valence-electron chi connectivity index (χ0n) is 20.6. The molecule has 186 valence electrons. The van der Waals surface area contributed by atoms with Crippen LogP contribution in [0.3, 0.4) is 0 Å². The van der Waals surface area contributed by atoms with Gasteiger partial charge in [0.25, 0.3) is 0 Å². The fourth-order valence-electron chi connectivity index (χ4n) is 5.38. The van der Waals surface area contributed by atoms with E-state index in [1.165, 1.54) is 0 Å². The highest BCUT2D eigenvalue weighted by atomic mass is 16.5. The quantitative estimate of drug-likeness (QED) is 0.604. The second-order valence-corrected chi connectivity index (χ2v) is 9.94. The number of nitrogens with zero attached hydrogens (tertiary/aromatic N) is 1. The Bertz CT molecular complexity index is 1050. The molecule has 2 amide bonds. The Morgan fingerprint density at radius 1 is 1.06 bits per heavy atom. The molecule has 3 atom stereocenters. The molecule has 1 heterocycles. The van der Waals surface area contributed by atoms with Crippen molar-refractivity contribution in [2.45, 2.75) is 58.0 Å². The summed E-state index contributed by atoms with van der Waals surface area (Å²) in [7, 11) is 0.